The highest BCUT2D eigenvalue weighted by Crippen LogP contribution is 2.37. The van der Waals surface area contributed by atoms with Crippen LogP contribution in [0.1, 0.15) is 19.3 Å². The molecular weight excluding hydrogens is 176 g/mol. The lowest BCUT2D eigenvalue weighted by atomic mass is 9.77. The predicted molar refractivity (Wildman–Crippen MR) is 49.5 cm³/mol. The summed E-state index contributed by atoms with van der Waals surface area (Å²) < 4.78 is 0. The monoisotopic (exact) mass is 190 g/mol. The number of piperidine rings is 1. The third kappa shape index (κ3) is 1.21. The Bertz CT molecular complexity index is 189. The van der Waals surface area contributed by atoms with E-state index in [0.29, 0.717) is 5.91 Å². The predicted octanol–water partition coefficient (Wildman–Crippen LogP) is 0.393. The lowest BCUT2D eigenvalue weighted by Gasteiger charge is -2.52. The number of hydrogen-bond donors (Lipinski definition) is 1. The fourth-order valence-corrected chi connectivity index (χ4v) is 2.10. The van der Waals surface area contributed by atoms with E-state index in [-0.39, 0.29) is 17.9 Å². The van der Waals surface area contributed by atoms with Crippen molar-refractivity contribution in [2.24, 2.45) is 0 Å². The van der Waals surface area contributed by atoms with Gasteiger partial charge >= 0.3 is 0 Å². The average molecular weight is 191 g/mol. The zero-order valence-corrected chi connectivity index (χ0v) is 8.12. The van der Waals surface area contributed by atoms with Gasteiger partial charge in [-0.25, -0.2) is 0 Å². The van der Waals surface area contributed by atoms with Gasteiger partial charge in [-0.1, -0.05) is 0 Å². The number of rotatable bonds is 0. The Hall–Kier alpha value is -0.280. The first-order valence-electron chi connectivity index (χ1n) is 4.22. The molecule has 2 aliphatic heterocycles. The van der Waals surface area contributed by atoms with E-state index in [1.54, 1.807) is 0 Å². The third-order valence-electron chi connectivity index (χ3n) is 3.10. The number of carbonyl (C=O) groups excluding carboxylic acids is 1. The number of nitrogens with zero attached hydrogens (tertiary/aromatic N) is 1. The molecule has 0 atom stereocenters. The zero-order chi connectivity index (χ0) is 7.90. The summed E-state index contributed by atoms with van der Waals surface area (Å²) in [6.07, 6.45) is 3.05. The summed E-state index contributed by atoms with van der Waals surface area (Å²) in [5.74, 6) is 0.312. The van der Waals surface area contributed by atoms with E-state index in [4.69, 9.17) is 0 Å². The largest absolute Gasteiger partial charge is 0.339 e. The molecule has 2 aliphatic rings. The van der Waals surface area contributed by atoms with Crippen molar-refractivity contribution in [3.05, 3.63) is 0 Å². The fourth-order valence-electron chi connectivity index (χ4n) is 2.10. The summed E-state index contributed by atoms with van der Waals surface area (Å²) >= 11 is 0. The molecule has 0 bridgehead atoms. The Morgan fingerprint density at radius 1 is 1.42 bits per heavy atom. The normalized spacial score (nSPS) is 26.4. The van der Waals surface area contributed by atoms with E-state index in [1.165, 1.54) is 0 Å². The standard InChI is InChI=1S/C8H14N2O.ClH/c1-10-7(11)6-8(10)2-4-9-5-3-8;/h9H,2-6H2,1H3;1H. The maximum Gasteiger partial charge on any atom is 0.225 e. The van der Waals surface area contributed by atoms with Gasteiger partial charge in [0.25, 0.3) is 0 Å². The van der Waals surface area contributed by atoms with Gasteiger partial charge in [-0.05, 0) is 25.9 Å². The molecule has 2 fully saturated rings. The van der Waals surface area contributed by atoms with E-state index in [0.717, 1.165) is 32.4 Å². The maximum absolute atomic E-state index is 11.0. The highest BCUT2D eigenvalue weighted by atomic mass is 35.5. The smallest absolute Gasteiger partial charge is 0.225 e. The first-order valence-corrected chi connectivity index (χ1v) is 4.22. The van der Waals surface area contributed by atoms with Crippen LogP contribution in [-0.2, 0) is 4.79 Å². The Morgan fingerprint density at radius 3 is 2.42 bits per heavy atom. The van der Waals surface area contributed by atoms with Gasteiger partial charge in [0.2, 0.25) is 5.91 Å². The van der Waals surface area contributed by atoms with Crippen molar-refractivity contribution in [2.75, 3.05) is 20.1 Å². The lowest BCUT2D eigenvalue weighted by molar-refractivity contribution is -0.155. The lowest BCUT2D eigenvalue weighted by Crippen LogP contribution is -2.64. The van der Waals surface area contributed by atoms with E-state index >= 15 is 0 Å². The van der Waals surface area contributed by atoms with Gasteiger partial charge in [0.1, 0.15) is 0 Å². The first kappa shape index (κ1) is 9.81. The van der Waals surface area contributed by atoms with Crippen molar-refractivity contribution in [1.29, 1.82) is 0 Å². The van der Waals surface area contributed by atoms with Crippen LogP contribution in [0.5, 0.6) is 0 Å². The molecule has 1 spiro atoms. The third-order valence-corrected chi connectivity index (χ3v) is 3.10. The van der Waals surface area contributed by atoms with Crippen molar-refractivity contribution in [3.8, 4) is 0 Å². The Balaban J connectivity index is 0.000000720. The minimum absolute atomic E-state index is 0. The van der Waals surface area contributed by atoms with E-state index in [9.17, 15) is 4.79 Å². The summed E-state index contributed by atoms with van der Waals surface area (Å²) in [6.45, 7) is 2.13. The van der Waals surface area contributed by atoms with Crippen molar-refractivity contribution in [1.82, 2.24) is 10.2 Å². The SMILES string of the molecule is CN1C(=O)CC12CCNCC2.Cl. The van der Waals surface area contributed by atoms with Crippen LogP contribution >= 0.6 is 12.4 Å². The highest BCUT2D eigenvalue weighted by Gasteiger charge is 2.48. The second-order valence-corrected chi connectivity index (χ2v) is 3.60. The van der Waals surface area contributed by atoms with Crippen molar-refractivity contribution >= 4 is 18.3 Å². The minimum Gasteiger partial charge on any atom is -0.339 e. The summed E-state index contributed by atoms with van der Waals surface area (Å²) in [4.78, 5) is 12.9. The van der Waals surface area contributed by atoms with Crippen molar-refractivity contribution in [3.63, 3.8) is 0 Å². The number of likely N-dealkylation sites (tertiary alicyclic amines) is 1. The molecule has 0 radical (unpaired) electrons. The summed E-state index contributed by atoms with van der Waals surface area (Å²) in [5, 5.41) is 3.31. The van der Waals surface area contributed by atoms with Gasteiger partial charge in [0.05, 0.1) is 12.0 Å². The molecule has 1 N–H and O–H groups in total. The van der Waals surface area contributed by atoms with Gasteiger partial charge in [-0.2, -0.15) is 0 Å². The van der Waals surface area contributed by atoms with Crippen LogP contribution in [0.2, 0.25) is 0 Å². The topological polar surface area (TPSA) is 32.3 Å². The zero-order valence-electron chi connectivity index (χ0n) is 7.30. The second-order valence-electron chi connectivity index (χ2n) is 3.60. The van der Waals surface area contributed by atoms with Crippen molar-refractivity contribution in [2.45, 2.75) is 24.8 Å². The molecule has 0 unspecified atom stereocenters. The van der Waals surface area contributed by atoms with Crippen LogP contribution < -0.4 is 5.32 Å². The number of halogens is 1. The van der Waals surface area contributed by atoms with Gasteiger partial charge in [0.15, 0.2) is 0 Å². The molecule has 12 heavy (non-hydrogen) atoms. The Labute approximate surface area is 78.9 Å². The molecule has 0 aromatic rings. The van der Waals surface area contributed by atoms with Gasteiger partial charge in [-0.3, -0.25) is 4.79 Å². The van der Waals surface area contributed by atoms with Crippen LogP contribution in [0.4, 0.5) is 0 Å². The second kappa shape index (κ2) is 3.23. The van der Waals surface area contributed by atoms with Gasteiger partial charge in [0, 0.05) is 7.05 Å². The number of nitrogens with one attached hydrogen (secondary N) is 1. The maximum atomic E-state index is 11.0. The number of hydrogen-bond acceptors (Lipinski definition) is 2. The molecule has 2 rings (SSSR count). The van der Waals surface area contributed by atoms with E-state index in [1.807, 2.05) is 11.9 Å². The molecule has 3 nitrogen and oxygen atoms in total. The minimum atomic E-state index is 0. The van der Waals surface area contributed by atoms with Gasteiger partial charge < -0.3 is 10.2 Å². The molecule has 2 heterocycles. The molecule has 0 aromatic heterocycles. The molecular formula is C8H15ClN2O. The fraction of sp³-hybridized carbons (Fsp3) is 0.875. The average Bonchev–Trinajstić information content (AvgIpc) is 2.06. The van der Waals surface area contributed by atoms with Crippen LogP contribution in [0.15, 0.2) is 0 Å². The summed E-state index contributed by atoms with van der Waals surface area (Å²) in [5.41, 5.74) is 0.252. The number of carbonyl (C=O) groups is 1. The molecule has 0 aromatic carbocycles. The number of amides is 1. The van der Waals surface area contributed by atoms with Crippen LogP contribution in [0.25, 0.3) is 0 Å². The first-order chi connectivity index (χ1) is 5.25. The highest BCUT2D eigenvalue weighted by molar-refractivity contribution is 5.85. The molecule has 4 heteroatoms. The van der Waals surface area contributed by atoms with E-state index < -0.39 is 0 Å². The molecule has 70 valence electrons. The summed E-state index contributed by atoms with van der Waals surface area (Å²) in [7, 11) is 1.93. The molecule has 2 saturated heterocycles. The number of β-lactam (4-membered cyclic amide) rings is 1. The molecule has 0 saturated carbocycles. The Kier molecular flexibility index (Phi) is 2.64. The quantitative estimate of drug-likeness (QED) is 0.561. The van der Waals surface area contributed by atoms with E-state index in [2.05, 4.69) is 5.32 Å². The van der Waals surface area contributed by atoms with Crippen LogP contribution in [-0.4, -0.2) is 36.5 Å². The van der Waals surface area contributed by atoms with Crippen LogP contribution in [0, 0.1) is 0 Å². The molecule has 0 aliphatic carbocycles. The molecule has 1 amide bonds. The van der Waals surface area contributed by atoms with Crippen molar-refractivity contribution < 1.29 is 4.79 Å². The van der Waals surface area contributed by atoms with Gasteiger partial charge in [-0.15, -0.1) is 12.4 Å². The van der Waals surface area contributed by atoms with Crippen LogP contribution in [0.3, 0.4) is 0 Å². The Morgan fingerprint density at radius 2 is 2.00 bits per heavy atom. The summed E-state index contributed by atoms with van der Waals surface area (Å²) in [6, 6.07) is 0.